The van der Waals surface area contributed by atoms with E-state index in [9.17, 15) is 5.11 Å². The van der Waals surface area contributed by atoms with Crippen LogP contribution in [0, 0.1) is 0 Å². The SMILES string of the molecule is CCNC(=NCC1CCCN1CC)NCCc1ccc(O)c(OC)c1. The Bertz CT molecular complexity index is 562. The molecule has 1 fully saturated rings. The number of phenolic OH excluding ortho intramolecular Hbond substituents is 1. The van der Waals surface area contributed by atoms with Gasteiger partial charge in [-0.2, -0.15) is 0 Å². The second-order valence-corrected chi connectivity index (χ2v) is 6.33. The van der Waals surface area contributed by atoms with Crippen LogP contribution in [-0.4, -0.2) is 61.8 Å². The zero-order chi connectivity index (χ0) is 18.1. The van der Waals surface area contributed by atoms with E-state index in [2.05, 4.69) is 29.4 Å². The van der Waals surface area contributed by atoms with Crippen molar-refractivity contribution in [1.29, 1.82) is 0 Å². The Balaban J connectivity index is 1.85. The molecule has 1 aliphatic heterocycles. The van der Waals surface area contributed by atoms with Gasteiger partial charge in [0.15, 0.2) is 17.5 Å². The van der Waals surface area contributed by atoms with Crippen LogP contribution in [0.25, 0.3) is 0 Å². The standard InChI is InChI=1S/C19H32N4O2/c1-4-20-19(22-14-16-7-6-12-23(16)5-2)21-11-10-15-8-9-17(24)18(13-15)25-3/h8-9,13,16,24H,4-7,10-12,14H2,1-3H3,(H2,20,21,22). The van der Waals surface area contributed by atoms with Gasteiger partial charge < -0.3 is 20.5 Å². The smallest absolute Gasteiger partial charge is 0.191 e. The number of likely N-dealkylation sites (tertiary alicyclic amines) is 1. The normalized spacial score (nSPS) is 18.4. The molecule has 1 aromatic rings. The first kappa shape index (κ1) is 19.4. The number of methoxy groups -OCH3 is 1. The Morgan fingerprint density at radius 3 is 2.92 bits per heavy atom. The Kier molecular flexibility index (Phi) is 7.85. The molecule has 0 spiro atoms. The van der Waals surface area contributed by atoms with Gasteiger partial charge in [-0.25, -0.2) is 0 Å². The van der Waals surface area contributed by atoms with E-state index in [1.54, 1.807) is 13.2 Å². The molecule has 1 aromatic carbocycles. The first-order valence-corrected chi connectivity index (χ1v) is 9.30. The Labute approximate surface area is 151 Å². The van der Waals surface area contributed by atoms with Gasteiger partial charge in [0.05, 0.1) is 13.7 Å². The molecule has 25 heavy (non-hydrogen) atoms. The summed E-state index contributed by atoms with van der Waals surface area (Å²) in [6.07, 6.45) is 3.36. The monoisotopic (exact) mass is 348 g/mol. The van der Waals surface area contributed by atoms with Gasteiger partial charge in [-0.3, -0.25) is 9.89 Å². The third kappa shape index (κ3) is 5.81. The summed E-state index contributed by atoms with van der Waals surface area (Å²) in [4.78, 5) is 7.27. The molecule has 0 amide bonds. The third-order valence-electron chi connectivity index (χ3n) is 4.66. The van der Waals surface area contributed by atoms with Crippen molar-refractivity contribution in [2.24, 2.45) is 4.99 Å². The van der Waals surface area contributed by atoms with Crippen molar-refractivity contribution in [1.82, 2.24) is 15.5 Å². The molecule has 6 nitrogen and oxygen atoms in total. The molecule has 0 saturated carbocycles. The number of rotatable bonds is 8. The minimum absolute atomic E-state index is 0.172. The number of aliphatic imine (C=N–C) groups is 1. The fraction of sp³-hybridized carbons (Fsp3) is 0.632. The molecule has 0 aromatic heterocycles. The van der Waals surface area contributed by atoms with Gasteiger partial charge in [0.2, 0.25) is 0 Å². The third-order valence-corrected chi connectivity index (χ3v) is 4.66. The predicted octanol–water partition coefficient (Wildman–Crippen LogP) is 1.98. The molecule has 1 saturated heterocycles. The van der Waals surface area contributed by atoms with Gasteiger partial charge in [0.1, 0.15) is 0 Å². The van der Waals surface area contributed by atoms with Crippen molar-refractivity contribution in [2.75, 3.05) is 39.8 Å². The number of hydrogen-bond acceptors (Lipinski definition) is 4. The Morgan fingerprint density at radius 2 is 2.20 bits per heavy atom. The highest BCUT2D eigenvalue weighted by atomic mass is 16.5. The lowest BCUT2D eigenvalue weighted by molar-refractivity contribution is 0.273. The molecule has 1 atom stereocenters. The van der Waals surface area contributed by atoms with E-state index in [1.165, 1.54) is 19.4 Å². The second kappa shape index (κ2) is 10.1. The number of phenols is 1. The number of guanidine groups is 1. The number of ether oxygens (including phenoxy) is 1. The predicted molar refractivity (Wildman–Crippen MR) is 103 cm³/mol. The van der Waals surface area contributed by atoms with Gasteiger partial charge in [-0.15, -0.1) is 0 Å². The fourth-order valence-electron chi connectivity index (χ4n) is 3.26. The maximum Gasteiger partial charge on any atom is 0.191 e. The summed E-state index contributed by atoms with van der Waals surface area (Å²) in [6.45, 7) is 9.07. The Morgan fingerprint density at radius 1 is 1.36 bits per heavy atom. The van der Waals surface area contributed by atoms with Crippen LogP contribution in [0.2, 0.25) is 0 Å². The highest BCUT2D eigenvalue weighted by Crippen LogP contribution is 2.26. The summed E-state index contributed by atoms with van der Waals surface area (Å²) in [5, 5.41) is 16.4. The van der Waals surface area contributed by atoms with Crippen LogP contribution in [0.1, 0.15) is 32.3 Å². The first-order valence-electron chi connectivity index (χ1n) is 9.30. The van der Waals surface area contributed by atoms with Crippen LogP contribution in [0.5, 0.6) is 11.5 Å². The molecule has 140 valence electrons. The average Bonchev–Trinajstić information content (AvgIpc) is 3.08. The number of hydrogen-bond donors (Lipinski definition) is 3. The van der Waals surface area contributed by atoms with Gasteiger partial charge in [0.25, 0.3) is 0 Å². The van der Waals surface area contributed by atoms with Crippen LogP contribution in [-0.2, 0) is 6.42 Å². The second-order valence-electron chi connectivity index (χ2n) is 6.33. The van der Waals surface area contributed by atoms with Crippen LogP contribution in [0.4, 0.5) is 0 Å². The molecule has 1 heterocycles. The molecule has 0 aliphatic carbocycles. The lowest BCUT2D eigenvalue weighted by Crippen LogP contribution is -2.40. The number of benzene rings is 1. The highest BCUT2D eigenvalue weighted by Gasteiger charge is 2.22. The number of likely N-dealkylation sites (N-methyl/N-ethyl adjacent to an activating group) is 1. The van der Waals surface area contributed by atoms with Crippen molar-refractivity contribution >= 4 is 5.96 Å². The lowest BCUT2D eigenvalue weighted by atomic mass is 10.1. The molecule has 0 bridgehead atoms. The molecule has 1 unspecified atom stereocenters. The molecule has 6 heteroatoms. The van der Waals surface area contributed by atoms with Crippen molar-refractivity contribution in [3.63, 3.8) is 0 Å². The summed E-state index contributed by atoms with van der Waals surface area (Å²) >= 11 is 0. The summed E-state index contributed by atoms with van der Waals surface area (Å²) < 4.78 is 5.16. The number of aromatic hydroxyl groups is 1. The summed E-state index contributed by atoms with van der Waals surface area (Å²) in [5.74, 6) is 1.56. The van der Waals surface area contributed by atoms with E-state index in [0.29, 0.717) is 11.8 Å². The van der Waals surface area contributed by atoms with E-state index in [1.807, 2.05) is 12.1 Å². The Hall–Kier alpha value is -1.95. The van der Waals surface area contributed by atoms with Crippen molar-refractivity contribution in [3.8, 4) is 11.5 Å². The first-order chi connectivity index (χ1) is 12.2. The minimum Gasteiger partial charge on any atom is -0.504 e. The molecular weight excluding hydrogens is 316 g/mol. The van der Waals surface area contributed by atoms with E-state index < -0.39 is 0 Å². The highest BCUT2D eigenvalue weighted by molar-refractivity contribution is 5.79. The fourth-order valence-corrected chi connectivity index (χ4v) is 3.26. The quantitative estimate of drug-likeness (QED) is 0.495. The van der Waals surface area contributed by atoms with E-state index in [-0.39, 0.29) is 5.75 Å². The van der Waals surface area contributed by atoms with Crippen LogP contribution >= 0.6 is 0 Å². The topological polar surface area (TPSA) is 69.1 Å². The summed E-state index contributed by atoms with van der Waals surface area (Å²) in [7, 11) is 1.57. The van der Waals surface area contributed by atoms with E-state index >= 15 is 0 Å². The molecule has 0 radical (unpaired) electrons. The maximum atomic E-state index is 9.66. The van der Waals surface area contributed by atoms with Gasteiger partial charge in [-0.05, 0) is 57.0 Å². The van der Waals surface area contributed by atoms with Gasteiger partial charge in [-0.1, -0.05) is 13.0 Å². The average molecular weight is 348 g/mol. The lowest BCUT2D eigenvalue weighted by Gasteiger charge is -2.21. The van der Waals surface area contributed by atoms with Crippen molar-refractivity contribution in [2.45, 2.75) is 39.2 Å². The zero-order valence-electron chi connectivity index (χ0n) is 15.7. The molecule has 1 aliphatic rings. The van der Waals surface area contributed by atoms with Crippen LogP contribution in [0.15, 0.2) is 23.2 Å². The zero-order valence-corrected chi connectivity index (χ0v) is 15.7. The van der Waals surface area contributed by atoms with Crippen LogP contribution < -0.4 is 15.4 Å². The number of nitrogens with one attached hydrogen (secondary N) is 2. The maximum absolute atomic E-state index is 9.66. The van der Waals surface area contributed by atoms with E-state index in [4.69, 9.17) is 9.73 Å². The minimum atomic E-state index is 0.172. The number of nitrogens with zero attached hydrogens (tertiary/aromatic N) is 2. The van der Waals surface area contributed by atoms with Crippen molar-refractivity contribution in [3.05, 3.63) is 23.8 Å². The van der Waals surface area contributed by atoms with Gasteiger partial charge in [0, 0.05) is 19.1 Å². The molecule has 2 rings (SSSR count). The largest absolute Gasteiger partial charge is 0.504 e. The van der Waals surface area contributed by atoms with Crippen molar-refractivity contribution < 1.29 is 9.84 Å². The van der Waals surface area contributed by atoms with Crippen LogP contribution in [0.3, 0.4) is 0 Å². The van der Waals surface area contributed by atoms with Gasteiger partial charge >= 0.3 is 0 Å². The van der Waals surface area contributed by atoms with E-state index in [0.717, 1.165) is 44.1 Å². The molecule has 3 N–H and O–H groups in total. The summed E-state index contributed by atoms with van der Waals surface area (Å²) in [5.41, 5.74) is 1.12. The summed E-state index contributed by atoms with van der Waals surface area (Å²) in [6, 6.07) is 6.04. The molecular formula is C19H32N4O2.